The largest absolute Gasteiger partial charge is 0.385 e. The first-order valence-corrected chi connectivity index (χ1v) is 8.99. The zero-order chi connectivity index (χ0) is 15.3. The van der Waals surface area contributed by atoms with Crippen molar-refractivity contribution in [3.05, 3.63) is 46.8 Å². The summed E-state index contributed by atoms with van der Waals surface area (Å²) >= 11 is 1.27. The van der Waals surface area contributed by atoms with Crippen LogP contribution in [0.2, 0.25) is 0 Å². The topological polar surface area (TPSA) is 57.6 Å². The number of aryl methyl sites for hydroxylation is 1. The zero-order valence-electron chi connectivity index (χ0n) is 11.9. The number of sulfonamides is 1. The Balaban J connectivity index is 2.13. The van der Waals surface area contributed by atoms with E-state index < -0.39 is 15.6 Å². The van der Waals surface area contributed by atoms with Crippen LogP contribution in [0.1, 0.15) is 23.8 Å². The maximum atomic E-state index is 12.8. The van der Waals surface area contributed by atoms with E-state index in [-0.39, 0.29) is 6.54 Å². The molecule has 2 aromatic rings. The first-order chi connectivity index (χ1) is 9.82. The summed E-state index contributed by atoms with van der Waals surface area (Å²) in [5.74, 6) is 0. The second kappa shape index (κ2) is 4.83. The number of hydrogen-bond acceptors (Lipinski definition) is 4. The van der Waals surface area contributed by atoms with Gasteiger partial charge < -0.3 is 5.11 Å². The molecule has 3 rings (SSSR count). The van der Waals surface area contributed by atoms with Gasteiger partial charge in [-0.3, -0.25) is 4.31 Å². The van der Waals surface area contributed by atoms with Gasteiger partial charge in [0.2, 0.25) is 0 Å². The van der Waals surface area contributed by atoms with Crippen molar-refractivity contribution in [3.8, 4) is 0 Å². The van der Waals surface area contributed by atoms with Gasteiger partial charge in [-0.25, -0.2) is 8.42 Å². The van der Waals surface area contributed by atoms with Gasteiger partial charge in [-0.05, 0) is 38.5 Å². The smallest absolute Gasteiger partial charge is 0.273 e. The number of rotatable bonds is 2. The Labute approximate surface area is 128 Å². The average Bonchev–Trinajstić information content (AvgIpc) is 2.86. The third kappa shape index (κ3) is 2.37. The fourth-order valence-electron chi connectivity index (χ4n) is 2.63. The van der Waals surface area contributed by atoms with Gasteiger partial charge in [0.25, 0.3) is 10.0 Å². The quantitative estimate of drug-likeness (QED) is 0.924. The van der Waals surface area contributed by atoms with E-state index in [0.29, 0.717) is 21.9 Å². The zero-order valence-corrected chi connectivity index (χ0v) is 13.5. The van der Waals surface area contributed by atoms with Crippen molar-refractivity contribution in [3.63, 3.8) is 0 Å². The molecule has 1 aromatic heterocycles. The lowest BCUT2D eigenvalue weighted by molar-refractivity contribution is 0.0472. The minimum absolute atomic E-state index is 0.281. The molecule has 6 heteroatoms. The van der Waals surface area contributed by atoms with Crippen LogP contribution in [0.3, 0.4) is 0 Å². The van der Waals surface area contributed by atoms with Crippen molar-refractivity contribution in [1.29, 1.82) is 0 Å². The summed E-state index contributed by atoms with van der Waals surface area (Å²) in [5, 5.41) is 10.5. The van der Waals surface area contributed by atoms with Crippen molar-refractivity contribution in [2.45, 2.75) is 30.1 Å². The van der Waals surface area contributed by atoms with Crippen molar-refractivity contribution in [2.75, 3.05) is 10.8 Å². The van der Waals surface area contributed by atoms with Gasteiger partial charge in [0.05, 0.1) is 11.3 Å². The minimum atomic E-state index is -3.56. The molecule has 0 saturated carbocycles. The van der Waals surface area contributed by atoms with Crippen molar-refractivity contribution < 1.29 is 13.5 Å². The first-order valence-electron chi connectivity index (χ1n) is 6.73. The highest BCUT2D eigenvalue weighted by Gasteiger charge is 2.38. The van der Waals surface area contributed by atoms with E-state index >= 15 is 0 Å². The predicted molar refractivity (Wildman–Crippen MR) is 84.2 cm³/mol. The summed E-state index contributed by atoms with van der Waals surface area (Å²) < 4.78 is 27.4. The lowest BCUT2D eigenvalue weighted by atomic mass is 9.88. The summed E-state index contributed by atoms with van der Waals surface area (Å²) in [6, 6.07) is 10.6. The van der Waals surface area contributed by atoms with Crippen LogP contribution in [0, 0.1) is 6.92 Å². The number of hydrogen-bond donors (Lipinski definition) is 1. The molecule has 1 aliphatic heterocycles. The molecule has 1 atom stereocenters. The van der Waals surface area contributed by atoms with Crippen LogP contribution >= 0.6 is 11.3 Å². The Hall–Kier alpha value is -1.37. The lowest BCUT2D eigenvalue weighted by Crippen LogP contribution is -2.41. The number of anilines is 1. The minimum Gasteiger partial charge on any atom is -0.385 e. The highest BCUT2D eigenvalue weighted by atomic mass is 32.2. The molecule has 1 N–H and O–H groups in total. The summed E-state index contributed by atoms with van der Waals surface area (Å²) in [6.07, 6.45) is 0.383. The Morgan fingerprint density at radius 3 is 2.62 bits per heavy atom. The van der Waals surface area contributed by atoms with Crippen molar-refractivity contribution in [2.24, 2.45) is 0 Å². The molecule has 1 unspecified atom stereocenters. The number of fused-ring (bicyclic) bond motifs is 1. The number of benzene rings is 1. The second-order valence-corrected chi connectivity index (χ2v) is 8.86. The number of thiophene rings is 1. The SMILES string of the molecule is Cc1ccc(S(=O)(=O)N2CCC(C)(O)c3ccccc32)s1. The number of para-hydroxylation sites is 1. The normalized spacial score (nSPS) is 22.1. The molecular formula is C15H17NO3S2. The van der Waals surface area contributed by atoms with E-state index in [1.54, 1.807) is 31.2 Å². The van der Waals surface area contributed by atoms with Gasteiger partial charge in [0, 0.05) is 17.0 Å². The molecule has 0 spiro atoms. The van der Waals surface area contributed by atoms with Crippen LogP contribution in [0.25, 0.3) is 0 Å². The predicted octanol–water partition coefficient (Wildman–Crippen LogP) is 2.86. The summed E-state index contributed by atoms with van der Waals surface area (Å²) in [4.78, 5) is 0.964. The summed E-state index contributed by atoms with van der Waals surface area (Å²) in [7, 11) is -3.56. The van der Waals surface area contributed by atoms with Crippen LogP contribution in [-0.4, -0.2) is 20.1 Å². The van der Waals surface area contributed by atoms with Gasteiger partial charge in [0.1, 0.15) is 4.21 Å². The van der Waals surface area contributed by atoms with Crippen LogP contribution in [0.4, 0.5) is 5.69 Å². The molecule has 112 valence electrons. The van der Waals surface area contributed by atoms with E-state index in [0.717, 1.165) is 4.88 Å². The van der Waals surface area contributed by atoms with Crippen LogP contribution in [0.15, 0.2) is 40.6 Å². The fraction of sp³-hybridized carbons (Fsp3) is 0.333. The van der Waals surface area contributed by atoms with Crippen LogP contribution in [0.5, 0.6) is 0 Å². The van der Waals surface area contributed by atoms with E-state index in [1.165, 1.54) is 15.6 Å². The Kier molecular flexibility index (Phi) is 3.35. The lowest BCUT2D eigenvalue weighted by Gasteiger charge is -2.38. The molecular weight excluding hydrogens is 306 g/mol. The van der Waals surface area contributed by atoms with Crippen LogP contribution in [-0.2, 0) is 15.6 Å². The standard InChI is InChI=1S/C15H17NO3S2/c1-11-7-8-14(20-11)21(18,19)16-10-9-15(2,17)12-5-3-4-6-13(12)16/h3-8,17H,9-10H2,1-2H3. The van der Waals surface area contributed by atoms with E-state index in [9.17, 15) is 13.5 Å². The number of nitrogens with zero attached hydrogens (tertiary/aromatic N) is 1. The average molecular weight is 323 g/mol. The second-order valence-electron chi connectivity index (χ2n) is 5.48. The Morgan fingerprint density at radius 1 is 1.24 bits per heavy atom. The molecule has 0 bridgehead atoms. The van der Waals surface area contributed by atoms with Gasteiger partial charge in [-0.15, -0.1) is 11.3 Å². The molecule has 0 aliphatic carbocycles. The van der Waals surface area contributed by atoms with E-state index in [4.69, 9.17) is 0 Å². The molecule has 0 saturated heterocycles. The summed E-state index contributed by atoms with van der Waals surface area (Å²) in [5.41, 5.74) is 0.237. The molecule has 0 fully saturated rings. The first kappa shape index (κ1) is 14.6. The fourth-order valence-corrected chi connectivity index (χ4v) is 5.51. The molecule has 1 aromatic carbocycles. The molecule has 21 heavy (non-hydrogen) atoms. The van der Waals surface area contributed by atoms with Gasteiger partial charge in [-0.1, -0.05) is 18.2 Å². The van der Waals surface area contributed by atoms with Gasteiger partial charge in [0.15, 0.2) is 0 Å². The third-order valence-electron chi connectivity index (χ3n) is 3.81. The molecule has 4 nitrogen and oxygen atoms in total. The Bertz CT molecular complexity index is 778. The Morgan fingerprint density at radius 2 is 1.95 bits per heavy atom. The van der Waals surface area contributed by atoms with Crippen molar-refractivity contribution in [1.82, 2.24) is 0 Å². The van der Waals surface area contributed by atoms with Crippen molar-refractivity contribution >= 4 is 27.0 Å². The number of aliphatic hydroxyl groups is 1. The monoisotopic (exact) mass is 323 g/mol. The summed E-state index contributed by atoms with van der Waals surface area (Å²) in [6.45, 7) is 3.90. The highest BCUT2D eigenvalue weighted by molar-refractivity contribution is 7.94. The van der Waals surface area contributed by atoms with Crippen LogP contribution < -0.4 is 4.31 Å². The molecule has 0 amide bonds. The van der Waals surface area contributed by atoms with Gasteiger partial charge >= 0.3 is 0 Å². The van der Waals surface area contributed by atoms with Gasteiger partial charge in [-0.2, -0.15) is 0 Å². The molecule has 1 aliphatic rings. The highest BCUT2D eigenvalue weighted by Crippen LogP contribution is 2.41. The maximum absolute atomic E-state index is 12.8. The third-order valence-corrected chi connectivity index (χ3v) is 7.10. The maximum Gasteiger partial charge on any atom is 0.273 e. The van der Waals surface area contributed by atoms with E-state index in [2.05, 4.69) is 0 Å². The molecule has 2 heterocycles. The molecule has 0 radical (unpaired) electrons. The van der Waals surface area contributed by atoms with E-state index in [1.807, 2.05) is 19.1 Å².